The smallest absolute Gasteiger partial charge is 0.261 e. The number of aliphatic hydroxyl groups excluding tert-OH is 1. The average Bonchev–Trinajstić information content (AvgIpc) is 2.59. The molecule has 3 aromatic rings. The second-order valence-electron chi connectivity index (χ2n) is 5.51. The van der Waals surface area contributed by atoms with E-state index in [1.54, 1.807) is 30.3 Å². The number of fused-ring (bicyclic) bond motifs is 1. The van der Waals surface area contributed by atoms with Crippen LogP contribution in [0.2, 0.25) is 5.02 Å². The lowest BCUT2D eigenvalue weighted by Crippen LogP contribution is -2.29. The van der Waals surface area contributed by atoms with Gasteiger partial charge in [-0.25, -0.2) is 4.98 Å². The number of para-hydroxylation sites is 1. The number of hydrogen-bond donors (Lipinski definition) is 1. The fourth-order valence-electron chi connectivity index (χ4n) is 2.41. The Morgan fingerprint density at radius 3 is 2.71 bits per heavy atom. The molecule has 1 unspecified atom stereocenters. The normalized spacial score (nSPS) is 12.4. The van der Waals surface area contributed by atoms with E-state index in [0.29, 0.717) is 22.5 Å². The fourth-order valence-corrected chi connectivity index (χ4v) is 2.54. The molecule has 1 heterocycles. The van der Waals surface area contributed by atoms with Gasteiger partial charge in [0.05, 0.1) is 43.1 Å². The van der Waals surface area contributed by atoms with Gasteiger partial charge in [0, 0.05) is 5.02 Å². The summed E-state index contributed by atoms with van der Waals surface area (Å²) in [6.07, 6.45) is 0.658. The van der Waals surface area contributed by atoms with Gasteiger partial charge in [-0.15, -0.1) is 0 Å². The highest BCUT2D eigenvalue weighted by molar-refractivity contribution is 6.30. The lowest BCUT2D eigenvalue weighted by atomic mass is 10.2. The van der Waals surface area contributed by atoms with Gasteiger partial charge in [0.1, 0.15) is 0 Å². The van der Waals surface area contributed by atoms with E-state index in [2.05, 4.69) is 4.98 Å². The van der Waals surface area contributed by atoms with E-state index in [-0.39, 0.29) is 18.7 Å². The summed E-state index contributed by atoms with van der Waals surface area (Å²) in [4.78, 5) is 16.6. The van der Waals surface area contributed by atoms with Crippen molar-refractivity contribution < 1.29 is 9.84 Å². The first-order valence-corrected chi connectivity index (χ1v) is 7.96. The Morgan fingerprint density at radius 1 is 1.17 bits per heavy atom. The summed E-state index contributed by atoms with van der Waals surface area (Å²) in [6, 6.07) is 14.4. The third-order valence-corrected chi connectivity index (χ3v) is 3.88. The van der Waals surface area contributed by atoms with Crippen LogP contribution in [-0.4, -0.2) is 27.4 Å². The van der Waals surface area contributed by atoms with Gasteiger partial charge in [-0.3, -0.25) is 9.36 Å². The summed E-state index contributed by atoms with van der Waals surface area (Å²) in [6.45, 7) is 0.637. The minimum Gasteiger partial charge on any atom is -0.389 e. The van der Waals surface area contributed by atoms with Crippen LogP contribution in [0.3, 0.4) is 0 Å². The third kappa shape index (κ3) is 4.00. The van der Waals surface area contributed by atoms with Crippen LogP contribution in [0.1, 0.15) is 5.56 Å². The second kappa shape index (κ2) is 7.57. The molecule has 0 saturated carbocycles. The maximum Gasteiger partial charge on any atom is 0.261 e. The molecule has 0 fully saturated rings. The minimum atomic E-state index is -0.794. The highest BCUT2D eigenvalue weighted by atomic mass is 35.5. The summed E-state index contributed by atoms with van der Waals surface area (Å²) < 4.78 is 6.89. The molecule has 0 aliphatic carbocycles. The van der Waals surface area contributed by atoms with Gasteiger partial charge in [0.15, 0.2) is 0 Å². The Hall–Kier alpha value is -2.21. The summed E-state index contributed by atoms with van der Waals surface area (Å²) in [5, 5.41) is 11.3. The molecule has 124 valence electrons. The van der Waals surface area contributed by atoms with Crippen molar-refractivity contribution in [3.05, 3.63) is 75.8 Å². The molecule has 0 aliphatic heterocycles. The Balaban J connectivity index is 1.58. The predicted molar refractivity (Wildman–Crippen MR) is 93.1 cm³/mol. The molecule has 0 spiro atoms. The lowest BCUT2D eigenvalue weighted by molar-refractivity contribution is 0.0198. The van der Waals surface area contributed by atoms with E-state index in [0.717, 1.165) is 5.56 Å². The monoisotopic (exact) mass is 344 g/mol. The van der Waals surface area contributed by atoms with E-state index in [4.69, 9.17) is 16.3 Å². The van der Waals surface area contributed by atoms with Crippen molar-refractivity contribution in [3.8, 4) is 0 Å². The van der Waals surface area contributed by atoms with Crippen LogP contribution >= 0.6 is 11.6 Å². The molecule has 3 rings (SSSR count). The molecule has 2 aromatic carbocycles. The number of aromatic nitrogens is 2. The molecule has 0 bridgehead atoms. The van der Waals surface area contributed by atoms with Crippen molar-refractivity contribution in [2.45, 2.75) is 19.3 Å². The van der Waals surface area contributed by atoms with Gasteiger partial charge in [-0.2, -0.15) is 0 Å². The average molecular weight is 345 g/mol. The van der Waals surface area contributed by atoms with Crippen LogP contribution < -0.4 is 5.56 Å². The zero-order chi connectivity index (χ0) is 16.9. The zero-order valence-electron chi connectivity index (χ0n) is 12.9. The number of benzene rings is 2. The maximum absolute atomic E-state index is 12.3. The van der Waals surface area contributed by atoms with Gasteiger partial charge in [0.2, 0.25) is 0 Å². The van der Waals surface area contributed by atoms with E-state index in [1.807, 2.05) is 18.2 Å². The first-order chi connectivity index (χ1) is 11.6. The molecule has 1 atom stereocenters. The molecule has 0 amide bonds. The zero-order valence-corrected chi connectivity index (χ0v) is 13.7. The number of ether oxygens (including phenoxy) is 1. The van der Waals surface area contributed by atoms with E-state index in [9.17, 15) is 9.90 Å². The molecule has 6 heteroatoms. The van der Waals surface area contributed by atoms with Gasteiger partial charge in [-0.05, 0) is 29.8 Å². The maximum atomic E-state index is 12.3. The number of nitrogens with zero attached hydrogens (tertiary/aromatic N) is 2. The Kier molecular flexibility index (Phi) is 5.25. The topological polar surface area (TPSA) is 64.4 Å². The molecule has 0 aliphatic rings. The van der Waals surface area contributed by atoms with Crippen molar-refractivity contribution in [1.82, 2.24) is 9.55 Å². The summed E-state index contributed by atoms with van der Waals surface area (Å²) in [5.41, 5.74) is 1.45. The van der Waals surface area contributed by atoms with Crippen molar-refractivity contribution in [3.63, 3.8) is 0 Å². The largest absolute Gasteiger partial charge is 0.389 e. The molecule has 0 saturated heterocycles. The Bertz CT molecular complexity index is 877. The molecule has 1 N–H and O–H groups in total. The van der Waals surface area contributed by atoms with Crippen molar-refractivity contribution in [1.29, 1.82) is 0 Å². The van der Waals surface area contributed by atoms with Crippen LogP contribution in [-0.2, 0) is 17.9 Å². The Morgan fingerprint density at radius 2 is 1.92 bits per heavy atom. The lowest BCUT2D eigenvalue weighted by Gasteiger charge is -2.13. The molecular formula is C18H17ClN2O3. The standard InChI is InChI=1S/C18H17ClN2O3/c19-14-7-5-13(6-8-14)10-24-11-15(22)9-21-12-20-17-4-2-1-3-16(17)18(21)23/h1-8,12,15,22H,9-11H2. The van der Waals surface area contributed by atoms with Gasteiger partial charge in [0.25, 0.3) is 5.56 Å². The first kappa shape index (κ1) is 16.6. The number of hydrogen-bond acceptors (Lipinski definition) is 4. The predicted octanol–water partition coefficient (Wildman–Crippen LogP) is 2.63. The van der Waals surface area contributed by atoms with Gasteiger partial charge < -0.3 is 9.84 Å². The van der Waals surface area contributed by atoms with E-state index < -0.39 is 6.10 Å². The second-order valence-corrected chi connectivity index (χ2v) is 5.95. The van der Waals surface area contributed by atoms with Gasteiger partial charge in [-0.1, -0.05) is 35.9 Å². The fraction of sp³-hybridized carbons (Fsp3) is 0.222. The van der Waals surface area contributed by atoms with Crippen LogP contribution in [0, 0.1) is 0 Å². The molecular weight excluding hydrogens is 328 g/mol. The van der Waals surface area contributed by atoms with Crippen molar-refractivity contribution in [2.24, 2.45) is 0 Å². The van der Waals surface area contributed by atoms with E-state index in [1.165, 1.54) is 10.9 Å². The summed E-state index contributed by atoms with van der Waals surface area (Å²) in [5.74, 6) is 0. The van der Waals surface area contributed by atoms with Crippen molar-refractivity contribution >= 4 is 22.5 Å². The van der Waals surface area contributed by atoms with Gasteiger partial charge >= 0.3 is 0 Å². The molecule has 1 aromatic heterocycles. The highest BCUT2D eigenvalue weighted by Crippen LogP contribution is 2.10. The number of halogens is 1. The van der Waals surface area contributed by atoms with Crippen LogP contribution in [0.5, 0.6) is 0 Å². The van der Waals surface area contributed by atoms with Crippen LogP contribution in [0.25, 0.3) is 10.9 Å². The quantitative estimate of drug-likeness (QED) is 0.746. The molecule has 5 nitrogen and oxygen atoms in total. The van der Waals surface area contributed by atoms with Crippen molar-refractivity contribution in [2.75, 3.05) is 6.61 Å². The minimum absolute atomic E-state index is 0.127. The molecule has 0 radical (unpaired) electrons. The van der Waals surface area contributed by atoms with E-state index >= 15 is 0 Å². The highest BCUT2D eigenvalue weighted by Gasteiger charge is 2.09. The summed E-state index contributed by atoms with van der Waals surface area (Å²) >= 11 is 5.82. The summed E-state index contributed by atoms with van der Waals surface area (Å²) in [7, 11) is 0. The molecule has 24 heavy (non-hydrogen) atoms. The Labute approximate surface area is 144 Å². The SMILES string of the molecule is O=c1c2ccccc2ncn1CC(O)COCc1ccc(Cl)cc1. The van der Waals surface area contributed by atoms with Crippen LogP contribution in [0.15, 0.2) is 59.7 Å². The number of aliphatic hydroxyl groups is 1. The number of rotatable bonds is 6. The third-order valence-electron chi connectivity index (χ3n) is 3.63. The van der Waals surface area contributed by atoms with Crippen LogP contribution in [0.4, 0.5) is 0 Å². The first-order valence-electron chi connectivity index (χ1n) is 7.58.